The fourth-order valence-electron chi connectivity index (χ4n) is 3.38. The van der Waals surface area contributed by atoms with Crippen LogP contribution in [0.5, 0.6) is 0 Å². The molecule has 0 aliphatic rings. The molecule has 5 nitrogen and oxygen atoms in total. The molecule has 2 aromatic carbocycles. The zero-order valence-corrected chi connectivity index (χ0v) is 17.8. The van der Waals surface area contributed by atoms with Gasteiger partial charge in [-0.1, -0.05) is 17.7 Å². The molecule has 2 aromatic rings. The minimum absolute atomic E-state index is 0.0197. The topological polar surface area (TPSA) is 52.6 Å². The van der Waals surface area contributed by atoms with E-state index < -0.39 is 0 Å². The van der Waals surface area contributed by atoms with Gasteiger partial charge in [-0.15, -0.1) is 0 Å². The van der Waals surface area contributed by atoms with Crippen LogP contribution in [0.2, 0.25) is 0 Å². The van der Waals surface area contributed by atoms with Gasteiger partial charge in [0.25, 0.3) is 0 Å². The lowest BCUT2D eigenvalue weighted by Gasteiger charge is -2.26. The first-order chi connectivity index (χ1) is 13.3. The van der Waals surface area contributed by atoms with Crippen LogP contribution in [0, 0.1) is 20.8 Å². The number of aryl methyl sites for hydroxylation is 3. The average Bonchev–Trinajstić information content (AvgIpc) is 2.63. The SMILES string of the molecule is CCN(CC)c1ccc(N(CC(=O)Nc2ccc(C)cc2C)C(C)=O)c(C)c1. The molecular formula is C23H31N3O2. The Balaban J connectivity index is 2.21. The van der Waals surface area contributed by atoms with Gasteiger partial charge in [-0.2, -0.15) is 0 Å². The highest BCUT2D eigenvalue weighted by atomic mass is 16.2. The van der Waals surface area contributed by atoms with Gasteiger partial charge in [0.05, 0.1) is 0 Å². The van der Waals surface area contributed by atoms with Crippen molar-refractivity contribution in [3.63, 3.8) is 0 Å². The molecular weight excluding hydrogens is 350 g/mol. The number of carbonyl (C=O) groups is 2. The minimum atomic E-state index is -0.214. The van der Waals surface area contributed by atoms with E-state index in [-0.39, 0.29) is 18.4 Å². The molecule has 2 amide bonds. The first-order valence-corrected chi connectivity index (χ1v) is 9.77. The molecule has 0 saturated heterocycles. The number of anilines is 3. The number of benzene rings is 2. The molecule has 0 heterocycles. The molecule has 0 spiro atoms. The van der Waals surface area contributed by atoms with Crippen LogP contribution in [-0.2, 0) is 9.59 Å². The molecule has 0 aliphatic heterocycles. The van der Waals surface area contributed by atoms with Crippen LogP contribution >= 0.6 is 0 Å². The van der Waals surface area contributed by atoms with E-state index in [1.807, 2.05) is 51.1 Å². The molecule has 5 heteroatoms. The Morgan fingerprint density at radius 2 is 1.61 bits per heavy atom. The van der Waals surface area contributed by atoms with E-state index in [4.69, 9.17) is 0 Å². The summed E-state index contributed by atoms with van der Waals surface area (Å²) in [6.45, 7) is 13.5. The second-order valence-electron chi connectivity index (χ2n) is 7.11. The average molecular weight is 382 g/mol. The van der Waals surface area contributed by atoms with Crippen LogP contribution in [0.3, 0.4) is 0 Å². The second-order valence-corrected chi connectivity index (χ2v) is 7.11. The van der Waals surface area contributed by atoms with Crippen molar-refractivity contribution in [2.75, 3.05) is 34.8 Å². The summed E-state index contributed by atoms with van der Waals surface area (Å²) in [6.07, 6.45) is 0. The molecule has 1 N–H and O–H groups in total. The minimum Gasteiger partial charge on any atom is -0.372 e. The van der Waals surface area contributed by atoms with Gasteiger partial charge < -0.3 is 15.1 Å². The maximum absolute atomic E-state index is 12.6. The quantitative estimate of drug-likeness (QED) is 0.771. The van der Waals surface area contributed by atoms with Gasteiger partial charge in [-0.3, -0.25) is 9.59 Å². The molecule has 0 unspecified atom stereocenters. The highest BCUT2D eigenvalue weighted by molar-refractivity contribution is 6.02. The number of carbonyl (C=O) groups excluding carboxylic acids is 2. The lowest BCUT2D eigenvalue weighted by molar-refractivity contribution is -0.120. The highest BCUT2D eigenvalue weighted by Gasteiger charge is 2.19. The number of rotatable bonds is 7. The summed E-state index contributed by atoms with van der Waals surface area (Å²) in [4.78, 5) is 28.6. The van der Waals surface area contributed by atoms with Crippen molar-refractivity contribution in [2.24, 2.45) is 0 Å². The molecule has 28 heavy (non-hydrogen) atoms. The monoisotopic (exact) mass is 381 g/mol. The van der Waals surface area contributed by atoms with Crippen molar-refractivity contribution < 1.29 is 9.59 Å². The fourth-order valence-corrected chi connectivity index (χ4v) is 3.38. The number of nitrogens with zero attached hydrogens (tertiary/aromatic N) is 2. The third-order valence-corrected chi connectivity index (χ3v) is 4.94. The fraction of sp³-hybridized carbons (Fsp3) is 0.391. The predicted molar refractivity (Wildman–Crippen MR) is 117 cm³/mol. The van der Waals surface area contributed by atoms with Gasteiger partial charge in [-0.25, -0.2) is 0 Å². The van der Waals surface area contributed by atoms with Crippen molar-refractivity contribution in [3.05, 3.63) is 53.1 Å². The van der Waals surface area contributed by atoms with Crippen molar-refractivity contribution in [3.8, 4) is 0 Å². The van der Waals surface area contributed by atoms with Crippen LogP contribution in [0.4, 0.5) is 17.1 Å². The third kappa shape index (κ3) is 5.12. The molecule has 0 aliphatic carbocycles. The summed E-state index contributed by atoms with van der Waals surface area (Å²) in [5, 5.41) is 2.92. The van der Waals surface area contributed by atoms with Crippen LogP contribution < -0.4 is 15.1 Å². The highest BCUT2D eigenvalue weighted by Crippen LogP contribution is 2.26. The number of nitrogens with one attached hydrogen (secondary N) is 1. The van der Waals surface area contributed by atoms with Gasteiger partial charge in [-0.05, 0) is 70.0 Å². The van der Waals surface area contributed by atoms with Gasteiger partial charge in [0.2, 0.25) is 11.8 Å². The lowest BCUT2D eigenvalue weighted by Crippen LogP contribution is -2.37. The molecule has 0 bridgehead atoms. The smallest absolute Gasteiger partial charge is 0.244 e. The van der Waals surface area contributed by atoms with Crippen molar-refractivity contribution in [2.45, 2.75) is 41.5 Å². The predicted octanol–water partition coefficient (Wildman–Crippen LogP) is 4.45. The van der Waals surface area contributed by atoms with Crippen LogP contribution in [0.1, 0.15) is 37.5 Å². The zero-order valence-electron chi connectivity index (χ0n) is 17.8. The van der Waals surface area contributed by atoms with E-state index in [1.165, 1.54) is 11.8 Å². The Kier molecular flexibility index (Phi) is 7.21. The third-order valence-electron chi connectivity index (χ3n) is 4.94. The second kappa shape index (κ2) is 9.40. The Labute approximate surface area is 168 Å². The Hall–Kier alpha value is -2.82. The molecule has 0 fully saturated rings. The summed E-state index contributed by atoms with van der Waals surface area (Å²) in [7, 11) is 0. The summed E-state index contributed by atoms with van der Waals surface area (Å²) in [5.74, 6) is -0.371. The van der Waals surface area contributed by atoms with E-state index >= 15 is 0 Å². The summed E-state index contributed by atoms with van der Waals surface area (Å²) in [5.41, 5.74) is 5.77. The van der Waals surface area contributed by atoms with Gasteiger partial charge >= 0.3 is 0 Å². The van der Waals surface area contributed by atoms with Crippen molar-refractivity contribution >= 4 is 28.9 Å². The van der Waals surface area contributed by atoms with Crippen LogP contribution in [0.25, 0.3) is 0 Å². The zero-order chi connectivity index (χ0) is 20.8. The molecule has 0 radical (unpaired) electrons. The first kappa shape index (κ1) is 21.5. The lowest BCUT2D eigenvalue weighted by atomic mass is 10.1. The number of hydrogen-bond acceptors (Lipinski definition) is 3. The van der Waals surface area contributed by atoms with Gasteiger partial charge in [0.15, 0.2) is 0 Å². The van der Waals surface area contributed by atoms with E-state index in [2.05, 4.69) is 30.1 Å². The van der Waals surface area contributed by atoms with E-state index in [9.17, 15) is 9.59 Å². The Morgan fingerprint density at radius 3 is 2.14 bits per heavy atom. The maximum atomic E-state index is 12.6. The normalized spacial score (nSPS) is 10.5. The molecule has 0 atom stereocenters. The first-order valence-electron chi connectivity index (χ1n) is 9.77. The van der Waals surface area contributed by atoms with E-state index in [1.54, 1.807) is 0 Å². The molecule has 150 valence electrons. The molecule has 0 saturated carbocycles. The van der Waals surface area contributed by atoms with Crippen molar-refractivity contribution in [1.82, 2.24) is 0 Å². The van der Waals surface area contributed by atoms with Gasteiger partial charge in [0, 0.05) is 37.1 Å². The van der Waals surface area contributed by atoms with Gasteiger partial charge in [0.1, 0.15) is 6.54 Å². The largest absolute Gasteiger partial charge is 0.372 e. The maximum Gasteiger partial charge on any atom is 0.244 e. The summed E-state index contributed by atoms with van der Waals surface area (Å²) >= 11 is 0. The van der Waals surface area contributed by atoms with E-state index in [0.29, 0.717) is 0 Å². The van der Waals surface area contributed by atoms with E-state index in [0.717, 1.165) is 46.8 Å². The molecule has 0 aromatic heterocycles. The van der Waals surface area contributed by atoms with Crippen LogP contribution in [-0.4, -0.2) is 31.4 Å². The Morgan fingerprint density at radius 1 is 0.929 bits per heavy atom. The Bertz CT molecular complexity index is 857. The number of hydrogen-bond donors (Lipinski definition) is 1. The molecule has 2 rings (SSSR count). The van der Waals surface area contributed by atoms with Crippen LogP contribution in [0.15, 0.2) is 36.4 Å². The van der Waals surface area contributed by atoms with Crippen molar-refractivity contribution in [1.29, 1.82) is 0 Å². The number of amides is 2. The standard InChI is InChI=1S/C23H31N3O2/c1-7-25(8-2)20-10-12-22(18(5)14-20)26(19(6)27)15-23(28)24-21-11-9-16(3)13-17(21)4/h9-14H,7-8,15H2,1-6H3,(H,24,28). The summed E-state index contributed by atoms with van der Waals surface area (Å²) < 4.78 is 0. The summed E-state index contributed by atoms with van der Waals surface area (Å²) in [6, 6.07) is 11.9.